The maximum atomic E-state index is 15.1. The number of aliphatic carboxylic acids is 1. The number of rotatable bonds is 44. The lowest BCUT2D eigenvalue weighted by molar-refractivity contribution is -0.149. The molecule has 0 aromatic carbocycles. The molecule has 1 aliphatic carbocycles. The van der Waals surface area contributed by atoms with Crippen LogP contribution in [0.3, 0.4) is 0 Å². The third kappa shape index (κ3) is 26.8. The number of nitrogens with two attached hydrogens (primary N) is 5. The first-order valence-corrected chi connectivity index (χ1v) is 40.3. The molecule has 616 valence electrons. The van der Waals surface area contributed by atoms with Crippen LogP contribution in [0.15, 0.2) is 4.99 Å². The topological polar surface area (TPSA) is 577 Å². The molecule has 1 unspecified atom stereocenters. The fraction of sp³-hybridized carbons (Fsp3) is 0.775. The SMILES string of the molecule is CC[C@H](C)[C@H](C)C(=O)N[C@H](C(=O)N[C@H](C(=O)N1CCC[C@H]1C(=O)NC(CC(=O)O)C(N)=O)[C@@H](C)CC)C(C)(C)SSC[C@H](NC(=O)[C@@H](NC(=O)[C@H](C)N)[C@@H](C)CC)C(=O)N[C@@H](CO)C(=O)N[C@@H](CCCN=C(N)N)C(=O)N[C@@H](CO)C(=O)N[C@@H](CC(C)C)C(=O)N1CCC[C@H]1C(=O)N1[C@H](C(N)=O)C[C@@H]2CCCC[C@@H]21. The quantitative estimate of drug-likeness (QED) is 0.0128. The smallest absolute Gasteiger partial charge is 0.305 e. The molecule has 4 fully saturated rings. The van der Waals surface area contributed by atoms with Gasteiger partial charge in [0.05, 0.1) is 25.7 Å². The van der Waals surface area contributed by atoms with E-state index >= 15 is 4.79 Å². The van der Waals surface area contributed by atoms with E-state index < -0.39 is 215 Å². The average Bonchev–Trinajstić information content (AvgIpc) is 1.63. The van der Waals surface area contributed by atoms with Crippen molar-refractivity contribution in [1.82, 2.24) is 62.6 Å². The molecule has 0 aromatic heterocycles. The summed E-state index contributed by atoms with van der Waals surface area (Å²) >= 11 is 0. The number of aliphatic imine (C=N–C) groups is 1. The first kappa shape index (κ1) is 93.3. The lowest BCUT2D eigenvalue weighted by Gasteiger charge is -2.37. The molecular weight excluding hydrogens is 1460 g/mol. The van der Waals surface area contributed by atoms with Crippen molar-refractivity contribution in [2.24, 2.45) is 69.2 Å². The number of guanidine groups is 1. The number of carbonyl (C=O) groups is 15. The van der Waals surface area contributed by atoms with Gasteiger partial charge in [-0.2, -0.15) is 0 Å². The summed E-state index contributed by atoms with van der Waals surface area (Å²) in [5, 5.41) is 54.3. The van der Waals surface area contributed by atoms with Crippen LogP contribution in [0.1, 0.15) is 186 Å². The van der Waals surface area contributed by atoms with Gasteiger partial charge in [0.1, 0.15) is 72.5 Å². The second kappa shape index (κ2) is 44.1. The molecule has 3 heterocycles. The molecular formula is C71H122N18O18S2. The molecule has 3 saturated heterocycles. The minimum atomic E-state index is -1.90. The first-order chi connectivity index (χ1) is 51.2. The van der Waals surface area contributed by atoms with Crippen molar-refractivity contribution in [1.29, 1.82) is 0 Å². The Hall–Kier alpha value is -8.10. The Morgan fingerprint density at radius 2 is 1.06 bits per heavy atom. The van der Waals surface area contributed by atoms with Gasteiger partial charge in [-0.1, -0.05) is 116 Å². The molecule has 0 spiro atoms. The predicted molar refractivity (Wildman–Crippen MR) is 407 cm³/mol. The van der Waals surface area contributed by atoms with Gasteiger partial charge in [-0.25, -0.2) is 0 Å². The summed E-state index contributed by atoms with van der Waals surface area (Å²) in [5.74, 6) is -15.8. The number of hydrogen-bond donors (Lipinski definition) is 17. The zero-order valence-corrected chi connectivity index (χ0v) is 66.7. The zero-order chi connectivity index (χ0) is 82.1. The number of aliphatic hydroxyl groups is 2. The molecule has 4 aliphatic rings. The number of amides is 14. The molecule has 0 bridgehead atoms. The highest BCUT2D eigenvalue weighted by molar-refractivity contribution is 8.77. The molecule has 4 rings (SSSR count). The van der Waals surface area contributed by atoms with Gasteiger partial charge in [-0.15, -0.1) is 0 Å². The van der Waals surface area contributed by atoms with Crippen molar-refractivity contribution in [3.63, 3.8) is 0 Å². The highest BCUT2D eigenvalue weighted by Crippen LogP contribution is 2.42. The largest absolute Gasteiger partial charge is 0.481 e. The van der Waals surface area contributed by atoms with Crippen molar-refractivity contribution in [2.75, 3.05) is 38.6 Å². The van der Waals surface area contributed by atoms with Crippen molar-refractivity contribution in [3.8, 4) is 0 Å². The standard InChI is InChI=1S/C71H122N18O18S2/c1-13-36(6)39(9)58(96)86-55(66(104)85-54(38(8)15-3)69(107)87-27-19-24-49(87)64(102)79-43(56(73)94)31-52(92)93)71(11,12)109-108-34-47(83-65(103)53(37(7)14-2)84-59(97)40(10)72)63(101)82-45(32-90)61(99)78-42(22-18-26-77-70(75)76)60(98)81-46(33-91)62(100)80-44(29-35(4)5)67(105)88-28-20-25-50(88)68(106)89-48-23-17-16-21-41(48)30-51(89)57(74)95/h35-51,53-55,90-91H,13-34,72H2,1-12H3,(H2,73,94)(H2,74,95)(H,78,99)(H,79,102)(H,80,100)(H,81,98)(H,82,101)(H,83,103)(H,84,97)(H,85,104)(H,86,96)(H,92,93)(H4,75,76,77)/t36-,37-,38-,39-,40-,41-,42-,43?,44-,45-,46-,47-,48-,49-,50-,51-,53-,54-,55+/m0/s1. The molecule has 0 aromatic rings. The zero-order valence-electron chi connectivity index (χ0n) is 65.1. The van der Waals surface area contributed by atoms with Gasteiger partial charge in [0.25, 0.3) is 0 Å². The summed E-state index contributed by atoms with van der Waals surface area (Å²) in [5.41, 5.74) is 28.3. The molecule has 36 nitrogen and oxygen atoms in total. The van der Waals surface area contributed by atoms with E-state index in [1.807, 2.05) is 13.8 Å². The number of aliphatic hydroxyl groups excluding tert-OH is 2. The van der Waals surface area contributed by atoms with Crippen molar-refractivity contribution >= 4 is 116 Å². The highest BCUT2D eigenvalue weighted by Gasteiger charge is 2.52. The number of fused-ring (bicyclic) bond motifs is 1. The summed E-state index contributed by atoms with van der Waals surface area (Å²) in [6.45, 7) is 18.4. The number of nitrogens with zero attached hydrogens (tertiary/aromatic N) is 4. The number of hydrogen-bond acceptors (Lipinski definition) is 21. The molecule has 109 heavy (non-hydrogen) atoms. The summed E-state index contributed by atoms with van der Waals surface area (Å²) in [4.78, 5) is 217. The molecule has 22 N–H and O–H groups in total. The number of carboxylic acid groups (broad SMARTS) is 1. The minimum Gasteiger partial charge on any atom is -0.481 e. The lowest BCUT2D eigenvalue weighted by atomic mass is 9.84. The number of primary amides is 2. The Morgan fingerprint density at radius 1 is 0.541 bits per heavy atom. The van der Waals surface area contributed by atoms with Crippen LogP contribution in [-0.4, -0.2) is 253 Å². The summed E-state index contributed by atoms with van der Waals surface area (Å²) in [6.07, 6.45) is 5.17. The molecule has 38 heteroatoms. The van der Waals surface area contributed by atoms with Gasteiger partial charge in [0, 0.05) is 42.1 Å². The third-order valence-corrected chi connectivity index (χ3v) is 24.5. The number of nitrogens with one attached hydrogen (secondary N) is 9. The summed E-state index contributed by atoms with van der Waals surface area (Å²) in [7, 11) is 1.89. The fourth-order valence-corrected chi connectivity index (χ4v) is 16.7. The minimum absolute atomic E-state index is 0.00300. The van der Waals surface area contributed by atoms with Gasteiger partial charge in [-0.05, 0) is 115 Å². The second-order valence-corrected chi connectivity index (χ2v) is 33.3. The van der Waals surface area contributed by atoms with Crippen molar-refractivity contribution in [2.45, 2.75) is 275 Å². The monoisotopic (exact) mass is 1580 g/mol. The van der Waals surface area contributed by atoms with E-state index in [1.165, 1.54) is 16.7 Å². The van der Waals surface area contributed by atoms with E-state index in [1.54, 1.807) is 67.2 Å². The molecule has 1 saturated carbocycles. The summed E-state index contributed by atoms with van der Waals surface area (Å²) in [6, 6.07) is -18.2. The van der Waals surface area contributed by atoms with Gasteiger partial charge in [0.2, 0.25) is 82.7 Å². The van der Waals surface area contributed by atoms with Crippen LogP contribution in [0.4, 0.5) is 0 Å². The van der Waals surface area contributed by atoms with Crippen LogP contribution in [0, 0.1) is 35.5 Å². The maximum absolute atomic E-state index is 15.1. The predicted octanol–water partition coefficient (Wildman–Crippen LogP) is -2.70. The van der Waals surface area contributed by atoms with E-state index in [0.29, 0.717) is 51.4 Å². The third-order valence-electron chi connectivity index (χ3n) is 21.2. The summed E-state index contributed by atoms with van der Waals surface area (Å²) < 4.78 is -1.40. The van der Waals surface area contributed by atoms with Crippen LogP contribution < -0.4 is 76.5 Å². The van der Waals surface area contributed by atoms with Gasteiger partial charge >= 0.3 is 5.97 Å². The Bertz CT molecular complexity index is 3240. The van der Waals surface area contributed by atoms with Gasteiger partial charge < -0.3 is 107 Å². The van der Waals surface area contributed by atoms with E-state index in [9.17, 15) is 82.4 Å². The van der Waals surface area contributed by atoms with Crippen LogP contribution >= 0.6 is 21.6 Å². The van der Waals surface area contributed by atoms with E-state index in [2.05, 4.69) is 52.8 Å². The molecule has 14 amide bonds. The normalized spacial score (nSPS) is 21.6. The highest BCUT2D eigenvalue weighted by atomic mass is 33.1. The lowest BCUT2D eigenvalue weighted by Crippen LogP contribution is -2.62. The second-order valence-electron chi connectivity index (χ2n) is 30.3. The molecule has 0 radical (unpaired) electrons. The van der Waals surface area contributed by atoms with Crippen molar-refractivity contribution < 1.29 is 87.2 Å². The number of carbonyl (C=O) groups excluding carboxylic acids is 14. The molecule has 3 aliphatic heterocycles. The number of likely N-dealkylation sites (tertiary alicyclic amines) is 3. The molecule has 19 atom stereocenters. The Kier molecular flexibility index (Phi) is 37.7. The van der Waals surface area contributed by atoms with Crippen molar-refractivity contribution in [3.05, 3.63) is 0 Å². The van der Waals surface area contributed by atoms with Crippen LogP contribution in [0.2, 0.25) is 0 Å². The number of carboxylic acids is 1. The van der Waals surface area contributed by atoms with E-state index in [4.69, 9.17) is 28.7 Å². The average molecular weight is 1580 g/mol. The Labute approximate surface area is 646 Å². The van der Waals surface area contributed by atoms with Crippen LogP contribution in [-0.2, 0) is 71.9 Å². The van der Waals surface area contributed by atoms with Crippen LogP contribution in [0.25, 0.3) is 0 Å². The van der Waals surface area contributed by atoms with E-state index in [0.717, 1.165) is 40.9 Å². The first-order valence-electron chi connectivity index (χ1n) is 38.0. The van der Waals surface area contributed by atoms with Gasteiger partial charge in [-0.3, -0.25) is 76.9 Å². The fourth-order valence-electron chi connectivity index (χ4n) is 13.9. The van der Waals surface area contributed by atoms with Gasteiger partial charge in [0.15, 0.2) is 5.96 Å². The Balaban J connectivity index is 1.66. The Morgan fingerprint density at radius 3 is 1.59 bits per heavy atom. The maximum Gasteiger partial charge on any atom is 0.305 e. The van der Waals surface area contributed by atoms with Crippen LogP contribution in [0.5, 0.6) is 0 Å². The van der Waals surface area contributed by atoms with E-state index in [-0.39, 0.29) is 75.1 Å².